The maximum atomic E-state index is 12.8. The van der Waals surface area contributed by atoms with Gasteiger partial charge in [-0.05, 0) is 37.3 Å². The minimum Gasteiger partial charge on any atom is -0.461 e. The normalized spacial score (nSPS) is 11.2. The molecule has 2 aromatic carbocycles. The van der Waals surface area contributed by atoms with Crippen molar-refractivity contribution in [2.24, 2.45) is 0 Å². The van der Waals surface area contributed by atoms with E-state index in [2.05, 4.69) is 10.4 Å². The number of amides is 1. The number of rotatable bonds is 5. The van der Waals surface area contributed by atoms with Crippen LogP contribution in [0.1, 0.15) is 33.3 Å². The van der Waals surface area contributed by atoms with Gasteiger partial charge in [-0.2, -0.15) is 18.3 Å². The van der Waals surface area contributed by atoms with Gasteiger partial charge in [0.05, 0.1) is 28.4 Å². The largest absolute Gasteiger partial charge is 0.461 e. The van der Waals surface area contributed by atoms with Crippen LogP contribution in [-0.4, -0.2) is 28.3 Å². The van der Waals surface area contributed by atoms with Crippen LogP contribution in [0, 0.1) is 0 Å². The highest BCUT2D eigenvalue weighted by Crippen LogP contribution is 2.32. The number of carbonyl (C=O) groups is 2. The van der Waals surface area contributed by atoms with Crippen LogP contribution in [0.25, 0.3) is 5.69 Å². The molecular weight excluding hydrogens is 423 g/mol. The Morgan fingerprint density at radius 3 is 2.43 bits per heavy atom. The number of nitrogens with zero attached hydrogens (tertiary/aromatic N) is 2. The second kappa shape index (κ2) is 8.58. The molecule has 3 aromatic rings. The van der Waals surface area contributed by atoms with Gasteiger partial charge in [-0.1, -0.05) is 29.8 Å². The highest BCUT2D eigenvalue weighted by Gasteiger charge is 2.31. The van der Waals surface area contributed by atoms with Gasteiger partial charge in [0.1, 0.15) is 5.82 Å². The number of aromatic nitrogens is 2. The average molecular weight is 438 g/mol. The maximum Gasteiger partial charge on any atom is 0.416 e. The number of carbonyl (C=O) groups excluding carboxylic acids is 2. The summed E-state index contributed by atoms with van der Waals surface area (Å²) in [6.45, 7) is 1.78. The molecule has 0 bridgehead atoms. The number of anilines is 1. The smallest absolute Gasteiger partial charge is 0.416 e. The molecule has 6 nitrogen and oxygen atoms in total. The van der Waals surface area contributed by atoms with E-state index in [9.17, 15) is 22.8 Å². The zero-order valence-electron chi connectivity index (χ0n) is 15.5. The molecule has 156 valence electrons. The predicted octanol–water partition coefficient (Wildman–Crippen LogP) is 4.97. The van der Waals surface area contributed by atoms with Gasteiger partial charge >= 0.3 is 12.1 Å². The molecule has 0 unspecified atom stereocenters. The van der Waals surface area contributed by atoms with Crippen molar-refractivity contribution in [2.45, 2.75) is 13.1 Å². The highest BCUT2D eigenvalue weighted by atomic mass is 35.5. The predicted molar refractivity (Wildman–Crippen MR) is 104 cm³/mol. The Bertz CT molecular complexity index is 1080. The number of hydrogen-bond donors (Lipinski definition) is 1. The fourth-order valence-electron chi connectivity index (χ4n) is 2.60. The monoisotopic (exact) mass is 437 g/mol. The summed E-state index contributed by atoms with van der Waals surface area (Å²) in [5.74, 6) is -1.33. The van der Waals surface area contributed by atoms with Gasteiger partial charge in [-0.3, -0.25) is 4.79 Å². The highest BCUT2D eigenvalue weighted by molar-refractivity contribution is 6.34. The molecular formula is C20H15ClF3N3O3. The molecule has 0 aliphatic heterocycles. The van der Waals surface area contributed by atoms with Crippen molar-refractivity contribution in [2.75, 3.05) is 11.9 Å². The molecule has 10 heteroatoms. The Labute approximate surface area is 174 Å². The van der Waals surface area contributed by atoms with Crippen molar-refractivity contribution in [1.82, 2.24) is 9.78 Å². The topological polar surface area (TPSA) is 73.2 Å². The minimum absolute atomic E-state index is 0.0467. The van der Waals surface area contributed by atoms with E-state index in [0.717, 1.165) is 12.1 Å². The fourth-order valence-corrected chi connectivity index (χ4v) is 2.87. The molecule has 0 saturated carbocycles. The van der Waals surface area contributed by atoms with Crippen molar-refractivity contribution < 1.29 is 27.5 Å². The second-order valence-electron chi connectivity index (χ2n) is 6.03. The Morgan fingerprint density at radius 1 is 1.13 bits per heavy atom. The molecule has 1 amide bonds. The molecule has 0 spiro atoms. The van der Waals surface area contributed by atoms with Crippen molar-refractivity contribution >= 4 is 29.3 Å². The van der Waals surface area contributed by atoms with Crippen molar-refractivity contribution in [1.29, 1.82) is 0 Å². The first-order valence-electron chi connectivity index (χ1n) is 8.71. The van der Waals surface area contributed by atoms with E-state index in [1.54, 1.807) is 37.3 Å². The number of nitrogens with one attached hydrogen (secondary N) is 1. The van der Waals surface area contributed by atoms with Gasteiger partial charge in [-0.25, -0.2) is 9.48 Å². The molecule has 1 N–H and O–H groups in total. The first kappa shape index (κ1) is 21.4. The van der Waals surface area contributed by atoms with Crippen LogP contribution in [-0.2, 0) is 10.9 Å². The molecule has 1 aromatic heterocycles. The fraction of sp³-hybridized carbons (Fsp3) is 0.150. The first-order valence-corrected chi connectivity index (χ1v) is 9.09. The average Bonchev–Trinajstić information content (AvgIpc) is 3.12. The molecule has 3 rings (SSSR count). The third-order valence-corrected chi connectivity index (χ3v) is 4.29. The van der Waals surface area contributed by atoms with E-state index in [-0.39, 0.29) is 28.7 Å². The molecule has 0 aliphatic rings. The Kier molecular flexibility index (Phi) is 6.12. The number of ether oxygens (including phenoxy) is 1. The molecule has 0 aliphatic carbocycles. The standard InChI is InChI=1S/C20H15ClF3N3O3/c1-2-30-19(29)16-11-17(27(26-16)13-6-4-3-5-7-13)25-18(28)14-9-8-12(10-15(14)21)20(22,23)24/h3-11H,2H2,1H3,(H,25,28). The first-order chi connectivity index (χ1) is 14.2. The van der Waals surface area contributed by atoms with Crippen LogP contribution < -0.4 is 5.32 Å². The SMILES string of the molecule is CCOC(=O)c1cc(NC(=O)c2ccc(C(F)(F)F)cc2Cl)n(-c2ccccc2)n1. The van der Waals surface area contributed by atoms with Crippen LogP contribution in [0.3, 0.4) is 0 Å². The van der Waals surface area contributed by atoms with Crippen molar-refractivity contribution in [3.05, 3.63) is 76.4 Å². The van der Waals surface area contributed by atoms with E-state index < -0.39 is 23.6 Å². The molecule has 0 atom stereocenters. The zero-order valence-corrected chi connectivity index (χ0v) is 16.3. The summed E-state index contributed by atoms with van der Waals surface area (Å²) >= 11 is 5.89. The summed E-state index contributed by atoms with van der Waals surface area (Å²) in [5.41, 5.74) is -0.637. The number of benzene rings is 2. The van der Waals surface area contributed by atoms with E-state index in [1.165, 1.54) is 10.7 Å². The Balaban J connectivity index is 1.95. The lowest BCUT2D eigenvalue weighted by Gasteiger charge is -2.11. The van der Waals surface area contributed by atoms with Gasteiger partial charge in [0, 0.05) is 6.07 Å². The number of hydrogen-bond acceptors (Lipinski definition) is 4. The summed E-state index contributed by atoms with van der Waals surface area (Å²) in [4.78, 5) is 24.7. The third-order valence-electron chi connectivity index (χ3n) is 3.98. The lowest BCUT2D eigenvalue weighted by molar-refractivity contribution is -0.137. The van der Waals surface area contributed by atoms with Crippen LogP contribution in [0.5, 0.6) is 0 Å². The van der Waals surface area contributed by atoms with Crippen molar-refractivity contribution in [3.8, 4) is 5.69 Å². The van der Waals surface area contributed by atoms with Gasteiger partial charge in [0.25, 0.3) is 5.91 Å². The molecule has 0 fully saturated rings. The van der Waals surface area contributed by atoms with Gasteiger partial charge in [0.2, 0.25) is 0 Å². The van der Waals surface area contributed by atoms with Crippen LogP contribution in [0.15, 0.2) is 54.6 Å². The summed E-state index contributed by atoms with van der Waals surface area (Å²) in [5, 5.41) is 6.33. The Hall–Kier alpha value is -3.33. The third kappa shape index (κ3) is 4.62. The maximum absolute atomic E-state index is 12.8. The molecule has 1 heterocycles. The van der Waals surface area contributed by atoms with Crippen LogP contribution in [0.2, 0.25) is 5.02 Å². The summed E-state index contributed by atoms with van der Waals surface area (Å²) in [7, 11) is 0. The van der Waals surface area contributed by atoms with Gasteiger partial charge in [-0.15, -0.1) is 0 Å². The van der Waals surface area contributed by atoms with E-state index >= 15 is 0 Å². The van der Waals surface area contributed by atoms with Crippen LogP contribution in [0.4, 0.5) is 19.0 Å². The summed E-state index contributed by atoms with van der Waals surface area (Å²) < 4.78 is 44.7. The quantitative estimate of drug-likeness (QED) is 0.572. The number of alkyl halides is 3. The van der Waals surface area contributed by atoms with Crippen LogP contribution >= 0.6 is 11.6 Å². The van der Waals surface area contributed by atoms with E-state index in [1.807, 2.05) is 0 Å². The van der Waals surface area contributed by atoms with E-state index in [0.29, 0.717) is 11.8 Å². The summed E-state index contributed by atoms with van der Waals surface area (Å²) in [6.07, 6.45) is -4.58. The zero-order chi connectivity index (χ0) is 21.9. The minimum atomic E-state index is -4.58. The number of esters is 1. The van der Waals surface area contributed by atoms with Crippen molar-refractivity contribution in [3.63, 3.8) is 0 Å². The molecule has 0 radical (unpaired) electrons. The lowest BCUT2D eigenvalue weighted by atomic mass is 10.1. The number of halogens is 4. The summed E-state index contributed by atoms with van der Waals surface area (Å²) in [6, 6.07) is 12.4. The second-order valence-corrected chi connectivity index (χ2v) is 6.44. The number of para-hydroxylation sites is 1. The van der Waals surface area contributed by atoms with E-state index in [4.69, 9.17) is 16.3 Å². The Morgan fingerprint density at radius 2 is 1.83 bits per heavy atom. The molecule has 30 heavy (non-hydrogen) atoms. The van der Waals surface area contributed by atoms with Gasteiger partial charge < -0.3 is 10.1 Å². The van der Waals surface area contributed by atoms with Gasteiger partial charge in [0.15, 0.2) is 5.69 Å². The lowest BCUT2D eigenvalue weighted by Crippen LogP contribution is -2.16. The molecule has 0 saturated heterocycles.